The zero-order valence-corrected chi connectivity index (χ0v) is 7.89. The topological polar surface area (TPSA) is 46.5 Å². The van der Waals surface area contributed by atoms with E-state index in [0.717, 1.165) is 0 Å². The van der Waals surface area contributed by atoms with Crippen LogP contribution in [0.15, 0.2) is 10.1 Å². The van der Waals surface area contributed by atoms with Crippen LogP contribution in [0.3, 0.4) is 0 Å². The van der Waals surface area contributed by atoms with Crippen molar-refractivity contribution in [1.82, 2.24) is 0 Å². The molecule has 0 aromatic rings. The first kappa shape index (κ1) is 9.84. The van der Waals surface area contributed by atoms with Crippen molar-refractivity contribution in [1.29, 1.82) is 0 Å². The van der Waals surface area contributed by atoms with E-state index in [1.165, 1.54) is 0 Å². The molecule has 1 heterocycles. The average molecular weight is 211 g/mol. The summed E-state index contributed by atoms with van der Waals surface area (Å²) in [5.41, 5.74) is 0. The van der Waals surface area contributed by atoms with Crippen LogP contribution in [0.4, 0.5) is 0 Å². The number of cyclic esters (lactones) is 1. The molecule has 0 amide bonds. The molecule has 0 fully saturated rings. The number of rotatable bonds is 2. The predicted octanol–water partition coefficient (Wildman–Crippen LogP) is 1.37. The number of aliphatic hydroxyl groups is 1. The number of halogens is 2. The van der Waals surface area contributed by atoms with Crippen molar-refractivity contribution in [3.05, 3.63) is 10.1 Å². The lowest BCUT2D eigenvalue weighted by atomic mass is 10.1. The van der Waals surface area contributed by atoms with Crippen LogP contribution in [0.1, 0.15) is 13.3 Å². The molecule has 0 aromatic carbocycles. The minimum Gasteiger partial charge on any atom is -0.449 e. The van der Waals surface area contributed by atoms with Crippen LogP contribution >= 0.6 is 23.2 Å². The van der Waals surface area contributed by atoms with Crippen LogP contribution in [-0.4, -0.2) is 23.3 Å². The van der Waals surface area contributed by atoms with Crippen molar-refractivity contribution in [2.75, 3.05) is 0 Å². The van der Waals surface area contributed by atoms with E-state index in [-0.39, 0.29) is 10.1 Å². The normalized spacial score (nSPS) is 26.0. The SMILES string of the molecule is CCC(O)C1OC(=O)C(Cl)=C1Cl. The minimum absolute atomic E-state index is 0.0935. The highest BCUT2D eigenvalue weighted by Gasteiger charge is 2.36. The van der Waals surface area contributed by atoms with Gasteiger partial charge in [0, 0.05) is 0 Å². The van der Waals surface area contributed by atoms with Gasteiger partial charge in [-0.25, -0.2) is 4.79 Å². The monoisotopic (exact) mass is 210 g/mol. The van der Waals surface area contributed by atoms with Crippen molar-refractivity contribution < 1.29 is 14.6 Å². The van der Waals surface area contributed by atoms with Crippen molar-refractivity contribution in [2.45, 2.75) is 25.6 Å². The van der Waals surface area contributed by atoms with Crippen molar-refractivity contribution in [3.63, 3.8) is 0 Å². The van der Waals surface area contributed by atoms with Gasteiger partial charge in [-0.15, -0.1) is 0 Å². The highest BCUT2D eigenvalue weighted by molar-refractivity contribution is 6.48. The Balaban J connectivity index is 2.80. The molecule has 0 saturated carbocycles. The third-order valence-electron chi connectivity index (χ3n) is 1.64. The van der Waals surface area contributed by atoms with Crippen molar-refractivity contribution >= 4 is 29.2 Å². The first-order chi connectivity index (χ1) is 5.57. The number of carbonyl (C=O) groups is 1. The molecule has 1 aliphatic heterocycles. The van der Waals surface area contributed by atoms with Crippen LogP contribution in [-0.2, 0) is 9.53 Å². The van der Waals surface area contributed by atoms with Crippen LogP contribution < -0.4 is 0 Å². The fourth-order valence-electron chi connectivity index (χ4n) is 0.903. The van der Waals surface area contributed by atoms with Gasteiger partial charge >= 0.3 is 5.97 Å². The second-order valence-electron chi connectivity index (χ2n) is 2.46. The first-order valence-corrected chi connectivity index (χ1v) is 4.27. The molecule has 0 aromatic heterocycles. The van der Waals surface area contributed by atoms with Crippen molar-refractivity contribution in [3.8, 4) is 0 Å². The molecule has 5 heteroatoms. The number of esters is 1. The molecule has 0 bridgehead atoms. The molecule has 12 heavy (non-hydrogen) atoms. The molecule has 1 aliphatic rings. The lowest BCUT2D eigenvalue weighted by molar-refractivity contribution is -0.143. The Morgan fingerprint density at radius 1 is 1.67 bits per heavy atom. The van der Waals surface area contributed by atoms with E-state index >= 15 is 0 Å². The minimum atomic E-state index is -0.781. The molecular weight excluding hydrogens is 203 g/mol. The number of hydrogen-bond acceptors (Lipinski definition) is 3. The summed E-state index contributed by atoms with van der Waals surface area (Å²) < 4.78 is 4.71. The Kier molecular flexibility index (Phi) is 2.99. The van der Waals surface area contributed by atoms with Gasteiger partial charge in [0.2, 0.25) is 0 Å². The highest BCUT2D eigenvalue weighted by Crippen LogP contribution is 2.31. The summed E-state index contributed by atoms with van der Waals surface area (Å²) in [6.07, 6.45) is -1.10. The number of carbonyl (C=O) groups excluding carboxylic acids is 1. The second kappa shape index (κ2) is 3.64. The molecule has 2 unspecified atom stereocenters. The number of ether oxygens (including phenoxy) is 1. The Hall–Kier alpha value is -0.250. The summed E-state index contributed by atoms with van der Waals surface area (Å²) in [6.45, 7) is 1.76. The maximum absolute atomic E-state index is 10.8. The van der Waals surface area contributed by atoms with Crippen molar-refractivity contribution in [2.24, 2.45) is 0 Å². The Labute approximate surface area is 79.9 Å². The van der Waals surface area contributed by atoms with Gasteiger partial charge in [-0.2, -0.15) is 0 Å². The molecule has 0 radical (unpaired) electrons. The van der Waals surface area contributed by atoms with Gasteiger partial charge < -0.3 is 9.84 Å². The van der Waals surface area contributed by atoms with E-state index in [2.05, 4.69) is 0 Å². The Morgan fingerprint density at radius 2 is 2.25 bits per heavy atom. The van der Waals surface area contributed by atoms with Crippen LogP contribution in [0, 0.1) is 0 Å². The molecule has 1 N–H and O–H groups in total. The summed E-state index contributed by atoms with van der Waals surface area (Å²) in [4.78, 5) is 10.8. The molecule has 2 atom stereocenters. The zero-order chi connectivity index (χ0) is 9.30. The standard InChI is InChI=1S/C7H8Cl2O3/c1-2-3(10)6-4(8)5(9)7(11)12-6/h3,6,10H,2H2,1H3. The molecular formula is C7H8Cl2O3. The molecule has 0 aliphatic carbocycles. The third-order valence-corrected chi connectivity index (χ3v) is 2.50. The van der Waals surface area contributed by atoms with E-state index in [4.69, 9.17) is 27.9 Å². The van der Waals surface area contributed by atoms with E-state index in [1.807, 2.05) is 0 Å². The Bertz CT molecular complexity index is 237. The summed E-state index contributed by atoms with van der Waals surface area (Å²) in [6, 6.07) is 0. The van der Waals surface area contributed by atoms with E-state index in [0.29, 0.717) is 6.42 Å². The molecule has 0 saturated heterocycles. The third kappa shape index (κ3) is 1.58. The first-order valence-electron chi connectivity index (χ1n) is 3.52. The lowest BCUT2D eigenvalue weighted by Gasteiger charge is -2.15. The summed E-state index contributed by atoms with van der Waals surface area (Å²) in [7, 11) is 0. The van der Waals surface area contributed by atoms with Gasteiger partial charge in [-0.3, -0.25) is 0 Å². The lowest BCUT2D eigenvalue weighted by Crippen LogP contribution is -2.26. The van der Waals surface area contributed by atoms with Gasteiger partial charge in [-0.1, -0.05) is 30.1 Å². The van der Waals surface area contributed by atoms with Gasteiger partial charge in [-0.05, 0) is 6.42 Å². The van der Waals surface area contributed by atoms with E-state index < -0.39 is 18.2 Å². The van der Waals surface area contributed by atoms with Gasteiger partial charge in [0.25, 0.3) is 0 Å². The fraction of sp³-hybridized carbons (Fsp3) is 0.571. The highest BCUT2D eigenvalue weighted by atomic mass is 35.5. The number of hydrogen-bond donors (Lipinski definition) is 1. The zero-order valence-electron chi connectivity index (χ0n) is 6.38. The predicted molar refractivity (Wildman–Crippen MR) is 44.9 cm³/mol. The fourth-order valence-corrected chi connectivity index (χ4v) is 1.32. The van der Waals surface area contributed by atoms with Gasteiger partial charge in [0.15, 0.2) is 6.10 Å². The number of aliphatic hydroxyl groups excluding tert-OH is 1. The largest absolute Gasteiger partial charge is 0.449 e. The van der Waals surface area contributed by atoms with Gasteiger partial charge in [0.05, 0.1) is 11.1 Å². The summed E-state index contributed by atoms with van der Waals surface area (Å²) >= 11 is 11.1. The Morgan fingerprint density at radius 3 is 2.58 bits per heavy atom. The summed E-state index contributed by atoms with van der Waals surface area (Å²) in [5, 5.41) is 9.27. The van der Waals surface area contributed by atoms with Crippen LogP contribution in [0.2, 0.25) is 0 Å². The average Bonchev–Trinajstić information content (AvgIpc) is 2.32. The summed E-state index contributed by atoms with van der Waals surface area (Å²) in [5.74, 6) is -0.667. The second-order valence-corrected chi connectivity index (χ2v) is 3.25. The molecule has 68 valence electrons. The molecule has 1 rings (SSSR count). The van der Waals surface area contributed by atoms with Gasteiger partial charge in [0.1, 0.15) is 5.03 Å². The maximum Gasteiger partial charge on any atom is 0.351 e. The van der Waals surface area contributed by atoms with Crippen LogP contribution in [0.5, 0.6) is 0 Å². The smallest absolute Gasteiger partial charge is 0.351 e. The van der Waals surface area contributed by atoms with E-state index in [9.17, 15) is 9.90 Å². The van der Waals surface area contributed by atoms with Crippen LogP contribution in [0.25, 0.3) is 0 Å². The van der Waals surface area contributed by atoms with E-state index in [1.54, 1.807) is 6.92 Å². The molecule has 0 spiro atoms. The molecule has 3 nitrogen and oxygen atoms in total. The maximum atomic E-state index is 10.8. The quantitative estimate of drug-likeness (QED) is 0.701.